The molecule has 2 nitrogen and oxygen atoms in total. The third-order valence-corrected chi connectivity index (χ3v) is 4.10. The number of hydrogen-bond donors (Lipinski definition) is 1. The van der Waals surface area contributed by atoms with E-state index in [1.807, 2.05) is 0 Å². The van der Waals surface area contributed by atoms with Gasteiger partial charge in [0, 0.05) is 29.7 Å². The fourth-order valence-corrected chi connectivity index (χ4v) is 2.88. The lowest BCUT2D eigenvalue weighted by molar-refractivity contribution is 0.713. The Morgan fingerprint density at radius 2 is 1.70 bits per heavy atom. The number of hydrogen-bond acceptors (Lipinski definition) is 1. The highest BCUT2D eigenvalue weighted by molar-refractivity contribution is 5.89. The minimum Gasteiger partial charge on any atom is -0.343 e. The molecule has 2 N–H and O–H groups in total. The van der Waals surface area contributed by atoms with E-state index in [0.717, 1.165) is 6.54 Å². The molecule has 0 amide bonds. The minimum atomic E-state index is 0.671. The number of nitrogens with two attached hydrogens (primary N) is 1. The van der Waals surface area contributed by atoms with Crippen LogP contribution in [0, 0.1) is 13.8 Å². The number of aryl methyl sites for hydroxylation is 1. The number of benzene rings is 2. The standard InChI is InChI=1S/C18H20N2/c1-13-14(2)20(11-10-19)18-9-8-16(12-17(13)18)15-6-4-3-5-7-15/h3-9,12H,10-11,19H2,1-2H3. The van der Waals surface area contributed by atoms with Crippen molar-refractivity contribution in [2.45, 2.75) is 20.4 Å². The van der Waals surface area contributed by atoms with Crippen molar-refractivity contribution >= 4 is 10.9 Å². The molecule has 0 spiro atoms. The quantitative estimate of drug-likeness (QED) is 0.764. The van der Waals surface area contributed by atoms with E-state index in [1.165, 1.54) is 33.3 Å². The second kappa shape index (κ2) is 5.14. The first kappa shape index (κ1) is 12.9. The lowest BCUT2D eigenvalue weighted by atomic mass is 10.0. The summed E-state index contributed by atoms with van der Waals surface area (Å²) in [5, 5.41) is 1.33. The maximum atomic E-state index is 5.73. The summed E-state index contributed by atoms with van der Waals surface area (Å²) in [4.78, 5) is 0. The maximum Gasteiger partial charge on any atom is 0.0486 e. The van der Waals surface area contributed by atoms with Crippen LogP contribution in [0.5, 0.6) is 0 Å². The fraction of sp³-hybridized carbons (Fsp3) is 0.222. The predicted octanol–water partition coefficient (Wildman–Crippen LogP) is 3.88. The molecule has 0 fully saturated rings. The first-order valence-corrected chi connectivity index (χ1v) is 7.07. The van der Waals surface area contributed by atoms with Gasteiger partial charge < -0.3 is 10.3 Å². The van der Waals surface area contributed by atoms with E-state index in [0.29, 0.717) is 6.54 Å². The molecule has 1 heterocycles. The molecule has 0 atom stereocenters. The van der Waals surface area contributed by atoms with Gasteiger partial charge in [-0.05, 0) is 42.7 Å². The summed E-state index contributed by atoms with van der Waals surface area (Å²) < 4.78 is 2.32. The predicted molar refractivity (Wildman–Crippen MR) is 85.9 cm³/mol. The Morgan fingerprint density at radius 1 is 0.950 bits per heavy atom. The highest BCUT2D eigenvalue weighted by Gasteiger charge is 2.11. The molecule has 3 aromatic rings. The molecule has 0 unspecified atom stereocenters. The van der Waals surface area contributed by atoms with E-state index in [2.05, 4.69) is 66.9 Å². The normalized spacial score (nSPS) is 11.2. The van der Waals surface area contributed by atoms with Gasteiger partial charge in [0.2, 0.25) is 0 Å². The molecule has 3 rings (SSSR count). The molecule has 2 aromatic carbocycles. The van der Waals surface area contributed by atoms with Crippen LogP contribution < -0.4 is 5.73 Å². The van der Waals surface area contributed by atoms with Crippen LogP contribution in [0.25, 0.3) is 22.0 Å². The minimum absolute atomic E-state index is 0.671. The third-order valence-electron chi connectivity index (χ3n) is 4.10. The van der Waals surface area contributed by atoms with Crippen molar-refractivity contribution < 1.29 is 0 Å². The van der Waals surface area contributed by atoms with Gasteiger partial charge in [-0.1, -0.05) is 36.4 Å². The smallest absolute Gasteiger partial charge is 0.0486 e. The lowest BCUT2D eigenvalue weighted by Crippen LogP contribution is -2.10. The molecule has 0 bridgehead atoms. The zero-order valence-corrected chi connectivity index (χ0v) is 12.1. The summed E-state index contributed by atoms with van der Waals surface area (Å²) in [6.45, 7) is 5.91. The van der Waals surface area contributed by atoms with Gasteiger partial charge >= 0.3 is 0 Å². The molecular formula is C18H20N2. The highest BCUT2D eigenvalue weighted by atomic mass is 15.0. The van der Waals surface area contributed by atoms with Crippen molar-refractivity contribution in [2.75, 3.05) is 6.54 Å². The van der Waals surface area contributed by atoms with Crippen molar-refractivity contribution in [2.24, 2.45) is 5.73 Å². The maximum absolute atomic E-state index is 5.73. The van der Waals surface area contributed by atoms with Gasteiger partial charge in [-0.3, -0.25) is 0 Å². The van der Waals surface area contributed by atoms with Crippen LogP contribution in [0.15, 0.2) is 48.5 Å². The van der Waals surface area contributed by atoms with Crippen molar-refractivity contribution in [1.29, 1.82) is 0 Å². The molecule has 2 heteroatoms. The molecular weight excluding hydrogens is 244 g/mol. The summed E-state index contributed by atoms with van der Waals surface area (Å²) in [5.41, 5.74) is 12.2. The Labute approximate surface area is 119 Å². The molecule has 0 aliphatic heterocycles. The van der Waals surface area contributed by atoms with Crippen molar-refractivity contribution in [3.05, 3.63) is 59.8 Å². The summed E-state index contributed by atoms with van der Waals surface area (Å²) >= 11 is 0. The van der Waals surface area contributed by atoms with Crippen LogP contribution in [0.1, 0.15) is 11.3 Å². The van der Waals surface area contributed by atoms with Crippen molar-refractivity contribution in [3.63, 3.8) is 0 Å². The van der Waals surface area contributed by atoms with E-state index in [1.54, 1.807) is 0 Å². The first-order valence-electron chi connectivity index (χ1n) is 7.07. The number of rotatable bonds is 3. The Balaban J connectivity index is 2.20. The molecule has 0 saturated heterocycles. The number of aromatic nitrogens is 1. The van der Waals surface area contributed by atoms with E-state index < -0.39 is 0 Å². The van der Waals surface area contributed by atoms with Crippen LogP contribution in [0.4, 0.5) is 0 Å². The average molecular weight is 264 g/mol. The number of fused-ring (bicyclic) bond motifs is 1. The molecule has 0 aliphatic rings. The zero-order chi connectivity index (χ0) is 14.1. The second-order valence-electron chi connectivity index (χ2n) is 5.25. The van der Waals surface area contributed by atoms with Crippen LogP contribution in [0.2, 0.25) is 0 Å². The van der Waals surface area contributed by atoms with Crippen LogP contribution in [0.3, 0.4) is 0 Å². The Hall–Kier alpha value is -2.06. The lowest BCUT2D eigenvalue weighted by Gasteiger charge is -2.07. The second-order valence-corrected chi connectivity index (χ2v) is 5.25. The highest BCUT2D eigenvalue weighted by Crippen LogP contribution is 2.29. The van der Waals surface area contributed by atoms with Gasteiger partial charge in [0.05, 0.1) is 0 Å². The molecule has 0 aliphatic carbocycles. The summed E-state index contributed by atoms with van der Waals surface area (Å²) in [6, 6.07) is 17.2. The van der Waals surface area contributed by atoms with Crippen LogP contribution in [-0.4, -0.2) is 11.1 Å². The SMILES string of the molecule is Cc1c(C)n(CCN)c2ccc(-c3ccccc3)cc12. The topological polar surface area (TPSA) is 30.9 Å². The number of nitrogens with zero attached hydrogens (tertiary/aromatic N) is 1. The Morgan fingerprint density at radius 3 is 2.40 bits per heavy atom. The van der Waals surface area contributed by atoms with Gasteiger partial charge in [0.15, 0.2) is 0 Å². The first-order chi connectivity index (χ1) is 9.72. The molecule has 102 valence electrons. The van der Waals surface area contributed by atoms with Crippen LogP contribution >= 0.6 is 0 Å². The monoisotopic (exact) mass is 264 g/mol. The van der Waals surface area contributed by atoms with Gasteiger partial charge in [0.1, 0.15) is 0 Å². The van der Waals surface area contributed by atoms with Crippen molar-refractivity contribution in [1.82, 2.24) is 4.57 Å². The van der Waals surface area contributed by atoms with Crippen molar-refractivity contribution in [3.8, 4) is 11.1 Å². The summed E-state index contributed by atoms with van der Waals surface area (Å²) in [5.74, 6) is 0. The summed E-state index contributed by atoms with van der Waals surface area (Å²) in [7, 11) is 0. The van der Waals surface area contributed by atoms with E-state index in [4.69, 9.17) is 5.73 Å². The van der Waals surface area contributed by atoms with E-state index in [9.17, 15) is 0 Å². The molecule has 1 aromatic heterocycles. The average Bonchev–Trinajstić information content (AvgIpc) is 2.73. The largest absolute Gasteiger partial charge is 0.343 e. The van der Waals surface area contributed by atoms with Gasteiger partial charge in [-0.15, -0.1) is 0 Å². The van der Waals surface area contributed by atoms with Crippen LogP contribution in [-0.2, 0) is 6.54 Å². The zero-order valence-electron chi connectivity index (χ0n) is 12.1. The summed E-state index contributed by atoms with van der Waals surface area (Å²) in [6.07, 6.45) is 0. The molecule has 20 heavy (non-hydrogen) atoms. The van der Waals surface area contributed by atoms with Gasteiger partial charge in [-0.2, -0.15) is 0 Å². The van der Waals surface area contributed by atoms with E-state index >= 15 is 0 Å². The Kier molecular flexibility index (Phi) is 3.33. The molecule has 0 saturated carbocycles. The third kappa shape index (κ3) is 2.02. The van der Waals surface area contributed by atoms with Gasteiger partial charge in [0.25, 0.3) is 0 Å². The molecule has 0 radical (unpaired) electrons. The van der Waals surface area contributed by atoms with E-state index in [-0.39, 0.29) is 0 Å². The van der Waals surface area contributed by atoms with Gasteiger partial charge in [-0.25, -0.2) is 0 Å². The fourth-order valence-electron chi connectivity index (χ4n) is 2.88. The Bertz CT molecular complexity index is 739.